The number of benzene rings is 1. The van der Waals surface area contributed by atoms with Crippen molar-refractivity contribution in [2.24, 2.45) is 5.92 Å². The molecule has 1 aromatic carbocycles. The average Bonchev–Trinajstić information content (AvgIpc) is 2.67. The van der Waals surface area contributed by atoms with Crippen LogP contribution in [0.2, 0.25) is 5.02 Å². The van der Waals surface area contributed by atoms with Crippen LogP contribution in [0.5, 0.6) is 0 Å². The van der Waals surface area contributed by atoms with Gasteiger partial charge in [-0.2, -0.15) is 0 Å². The molecule has 0 fully saturated rings. The molecule has 0 saturated heterocycles. The summed E-state index contributed by atoms with van der Waals surface area (Å²) in [4.78, 5) is 14.9. The maximum absolute atomic E-state index is 11.9. The first-order valence-corrected chi connectivity index (χ1v) is 6.40. The molecule has 18 heavy (non-hydrogen) atoms. The number of para-hydroxylation sites is 1. The first-order valence-electron chi connectivity index (χ1n) is 6.03. The number of fused-ring (bicyclic) bond motifs is 1. The smallest absolute Gasteiger partial charge is 0.356 e. The summed E-state index contributed by atoms with van der Waals surface area (Å²) in [5, 5.41) is 1.27. The molecule has 0 aliphatic carbocycles. The maximum Gasteiger partial charge on any atom is 0.356 e. The lowest BCUT2D eigenvalue weighted by molar-refractivity contribution is 0.0482. The Kier molecular flexibility index (Phi) is 3.92. The third kappa shape index (κ3) is 2.67. The lowest BCUT2D eigenvalue weighted by Crippen LogP contribution is -2.08. The van der Waals surface area contributed by atoms with Crippen molar-refractivity contribution >= 4 is 28.5 Å². The fourth-order valence-corrected chi connectivity index (χ4v) is 2.00. The van der Waals surface area contributed by atoms with Gasteiger partial charge in [0.1, 0.15) is 5.69 Å². The number of esters is 1. The molecule has 0 atom stereocenters. The number of hydrogen-bond acceptors (Lipinski definition) is 2. The molecular formula is C14H16ClNO2. The predicted octanol–water partition coefficient (Wildman–Crippen LogP) is 4.02. The van der Waals surface area contributed by atoms with Crippen LogP contribution in [-0.4, -0.2) is 17.6 Å². The van der Waals surface area contributed by atoms with Crippen molar-refractivity contribution in [1.82, 2.24) is 4.98 Å². The summed E-state index contributed by atoms with van der Waals surface area (Å²) in [5.41, 5.74) is 1.18. The van der Waals surface area contributed by atoms with Gasteiger partial charge < -0.3 is 9.72 Å². The van der Waals surface area contributed by atoms with Crippen LogP contribution in [0.15, 0.2) is 24.3 Å². The minimum absolute atomic E-state index is 0.335. The molecule has 0 radical (unpaired) electrons. The first-order chi connectivity index (χ1) is 8.59. The van der Waals surface area contributed by atoms with E-state index in [0.29, 0.717) is 23.2 Å². The number of nitrogens with one attached hydrogen (secondary N) is 1. The SMILES string of the molecule is CC(C)CCOC(=O)c1[nH]c2ccccc2c1Cl. The molecular weight excluding hydrogens is 250 g/mol. The second-order valence-corrected chi connectivity index (χ2v) is 5.06. The molecule has 1 heterocycles. The Morgan fingerprint density at radius 2 is 2.11 bits per heavy atom. The number of aromatic amines is 1. The van der Waals surface area contributed by atoms with Crippen LogP contribution in [0.4, 0.5) is 0 Å². The minimum atomic E-state index is -0.392. The number of ether oxygens (including phenoxy) is 1. The molecule has 0 saturated carbocycles. The average molecular weight is 266 g/mol. The van der Waals surface area contributed by atoms with Crippen LogP contribution in [-0.2, 0) is 4.74 Å². The second-order valence-electron chi connectivity index (χ2n) is 4.68. The molecule has 0 unspecified atom stereocenters. The number of halogens is 1. The molecule has 1 aromatic heterocycles. The van der Waals surface area contributed by atoms with Crippen molar-refractivity contribution < 1.29 is 9.53 Å². The predicted molar refractivity (Wildman–Crippen MR) is 73.0 cm³/mol. The Hall–Kier alpha value is -1.48. The minimum Gasteiger partial charge on any atom is -0.461 e. The molecule has 96 valence electrons. The highest BCUT2D eigenvalue weighted by molar-refractivity contribution is 6.38. The summed E-state index contributed by atoms with van der Waals surface area (Å²) in [5.74, 6) is 0.118. The Morgan fingerprint density at radius 3 is 2.78 bits per heavy atom. The summed E-state index contributed by atoms with van der Waals surface area (Å²) < 4.78 is 5.19. The standard InChI is InChI=1S/C14H16ClNO2/c1-9(2)7-8-18-14(17)13-12(15)10-5-3-4-6-11(10)16-13/h3-6,9,16H,7-8H2,1-2H3. The van der Waals surface area contributed by atoms with Crippen LogP contribution < -0.4 is 0 Å². The van der Waals surface area contributed by atoms with Gasteiger partial charge in [0.25, 0.3) is 0 Å². The van der Waals surface area contributed by atoms with E-state index >= 15 is 0 Å². The highest BCUT2D eigenvalue weighted by Crippen LogP contribution is 2.27. The Labute approximate surface area is 111 Å². The zero-order chi connectivity index (χ0) is 13.1. The van der Waals surface area contributed by atoms with Gasteiger partial charge in [-0.25, -0.2) is 4.79 Å². The molecule has 1 N–H and O–H groups in total. The summed E-state index contributed by atoms with van der Waals surface area (Å²) in [6.07, 6.45) is 0.851. The van der Waals surface area contributed by atoms with E-state index in [-0.39, 0.29) is 0 Å². The number of H-pyrrole nitrogens is 1. The van der Waals surface area contributed by atoms with E-state index in [1.165, 1.54) is 0 Å². The maximum atomic E-state index is 11.9. The molecule has 4 heteroatoms. The Balaban J connectivity index is 2.15. The van der Waals surface area contributed by atoms with E-state index in [2.05, 4.69) is 18.8 Å². The number of rotatable bonds is 4. The van der Waals surface area contributed by atoms with E-state index in [9.17, 15) is 4.79 Å². The fraction of sp³-hybridized carbons (Fsp3) is 0.357. The number of hydrogen-bond donors (Lipinski definition) is 1. The van der Waals surface area contributed by atoms with Gasteiger partial charge in [-0.1, -0.05) is 43.6 Å². The van der Waals surface area contributed by atoms with E-state index in [1.54, 1.807) is 0 Å². The fourth-order valence-electron chi connectivity index (χ4n) is 1.71. The van der Waals surface area contributed by atoms with Crippen molar-refractivity contribution in [3.63, 3.8) is 0 Å². The molecule has 0 aliphatic rings. The van der Waals surface area contributed by atoms with Crippen molar-refractivity contribution in [2.45, 2.75) is 20.3 Å². The quantitative estimate of drug-likeness (QED) is 0.848. The molecule has 3 nitrogen and oxygen atoms in total. The van der Waals surface area contributed by atoms with E-state index in [0.717, 1.165) is 17.3 Å². The summed E-state index contributed by atoms with van der Waals surface area (Å²) in [6, 6.07) is 7.53. The van der Waals surface area contributed by atoms with Gasteiger partial charge in [-0.3, -0.25) is 0 Å². The van der Waals surface area contributed by atoms with Gasteiger partial charge in [-0.05, 0) is 18.4 Å². The van der Waals surface area contributed by atoms with Crippen LogP contribution in [0.3, 0.4) is 0 Å². The van der Waals surface area contributed by atoms with Crippen molar-refractivity contribution in [2.75, 3.05) is 6.61 Å². The molecule has 2 rings (SSSR count). The highest BCUT2D eigenvalue weighted by Gasteiger charge is 2.17. The summed E-state index contributed by atoms with van der Waals surface area (Å²) in [7, 11) is 0. The zero-order valence-electron chi connectivity index (χ0n) is 10.5. The Bertz CT molecular complexity index is 560. The van der Waals surface area contributed by atoms with Crippen molar-refractivity contribution in [3.05, 3.63) is 35.0 Å². The zero-order valence-corrected chi connectivity index (χ0v) is 11.3. The monoisotopic (exact) mass is 265 g/mol. The van der Waals surface area contributed by atoms with Crippen LogP contribution >= 0.6 is 11.6 Å². The molecule has 0 amide bonds. The Morgan fingerprint density at radius 1 is 1.39 bits per heavy atom. The highest BCUT2D eigenvalue weighted by atomic mass is 35.5. The molecule has 0 bridgehead atoms. The largest absolute Gasteiger partial charge is 0.461 e. The number of carbonyl (C=O) groups is 1. The summed E-state index contributed by atoms with van der Waals surface area (Å²) >= 11 is 6.16. The van der Waals surface area contributed by atoms with Gasteiger partial charge >= 0.3 is 5.97 Å². The van der Waals surface area contributed by atoms with E-state index < -0.39 is 5.97 Å². The second kappa shape index (κ2) is 5.44. The van der Waals surface area contributed by atoms with Crippen LogP contribution in [0, 0.1) is 5.92 Å². The normalized spacial score (nSPS) is 11.1. The lowest BCUT2D eigenvalue weighted by Gasteiger charge is -2.05. The third-order valence-electron chi connectivity index (χ3n) is 2.78. The van der Waals surface area contributed by atoms with Gasteiger partial charge in [0, 0.05) is 10.9 Å². The summed E-state index contributed by atoms with van der Waals surface area (Å²) in [6.45, 7) is 4.59. The van der Waals surface area contributed by atoms with Gasteiger partial charge in [0.15, 0.2) is 0 Å². The van der Waals surface area contributed by atoms with Gasteiger partial charge in [-0.15, -0.1) is 0 Å². The number of aromatic nitrogens is 1. The van der Waals surface area contributed by atoms with Gasteiger partial charge in [0.05, 0.1) is 11.6 Å². The van der Waals surface area contributed by atoms with Crippen molar-refractivity contribution in [1.29, 1.82) is 0 Å². The van der Waals surface area contributed by atoms with E-state index in [4.69, 9.17) is 16.3 Å². The van der Waals surface area contributed by atoms with Crippen LogP contribution in [0.1, 0.15) is 30.8 Å². The first kappa shape index (κ1) is 13.0. The third-order valence-corrected chi connectivity index (χ3v) is 3.17. The lowest BCUT2D eigenvalue weighted by atomic mass is 10.1. The van der Waals surface area contributed by atoms with E-state index in [1.807, 2.05) is 24.3 Å². The molecule has 0 spiro atoms. The van der Waals surface area contributed by atoms with Crippen molar-refractivity contribution in [3.8, 4) is 0 Å². The van der Waals surface area contributed by atoms with Gasteiger partial charge in [0.2, 0.25) is 0 Å². The molecule has 2 aromatic rings. The van der Waals surface area contributed by atoms with Crippen LogP contribution in [0.25, 0.3) is 10.9 Å². The topological polar surface area (TPSA) is 42.1 Å². The molecule has 0 aliphatic heterocycles. The number of carbonyl (C=O) groups excluding carboxylic acids is 1.